The van der Waals surface area contributed by atoms with Crippen molar-refractivity contribution >= 4 is 17.7 Å². The predicted octanol–water partition coefficient (Wildman–Crippen LogP) is 0.774. The molecule has 2 rings (SSSR count). The second-order valence-electron chi connectivity index (χ2n) is 8.54. The monoisotopic (exact) mass is 465 g/mol. The van der Waals surface area contributed by atoms with Crippen molar-refractivity contribution in [3.05, 3.63) is 35.9 Å². The molecule has 184 valence electrons. The van der Waals surface area contributed by atoms with Crippen LogP contribution in [0.25, 0.3) is 0 Å². The van der Waals surface area contributed by atoms with Gasteiger partial charge in [-0.1, -0.05) is 44.2 Å². The molecule has 0 aliphatic carbocycles. The first-order valence-electron chi connectivity index (χ1n) is 11.1. The number of amides is 3. The summed E-state index contributed by atoms with van der Waals surface area (Å²) in [5.41, 5.74) is 2.53. The van der Waals surface area contributed by atoms with E-state index >= 15 is 0 Å². The zero-order chi connectivity index (χ0) is 24.4. The normalized spacial score (nSPS) is 23.2. The van der Waals surface area contributed by atoms with Crippen LogP contribution >= 0.6 is 0 Å². The first-order chi connectivity index (χ1) is 15.8. The number of hydroxylamine groups is 1. The number of benzene rings is 1. The van der Waals surface area contributed by atoms with Gasteiger partial charge in [0.25, 0.3) is 5.91 Å². The van der Waals surface area contributed by atoms with E-state index in [0.29, 0.717) is 19.4 Å². The Morgan fingerprint density at radius 1 is 1.15 bits per heavy atom. The van der Waals surface area contributed by atoms with Gasteiger partial charge in [0, 0.05) is 26.4 Å². The summed E-state index contributed by atoms with van der Waals surface area (Å²) in [5, 5.41) is 14.8. The average Bonchev–Trinajstić information content (AvgIpc) is 3.09. The van der Waals surface area contributed by atoms with Crippen LogP contribution in [-0.4, -0.2) is 67.7 Å². The lowest BCUT2D eigenvalue weighted by Gasteiger charge is -2.28. The SMILES string of the molecule is COCCO[C@@H]1O[C@H](C(=O)NO)[C@@H](CC(C)C)[C@@H]1NC(=O)[C@H](Cc1ccccc1)NC(C)=O. The van der Waals surface area contributed by atoms with E-state index in [1.807, 2.05) is 44.2 Å². The van der Waals surface area contributed by atoms with Crippen molar-refractivity contribution < 1.29 is 33.8 Å². The molecule has 0 radical (unpaired) electrons. The van der Waals surface area contributed by atoms with Crippen LogP contribution < -0.4 is 16.1 Å². The fourth-order valence-electron chi connectivity index (χ4n) is 3.99. The number of carbonyl (C=O) groups is 3. The summed E-state index contributed by atoms with van der Waals surface area (Å²) in [6.07, 6.45) is -1.10. The lowest BCUT2D eigenvalue weighted by molar-refractivity contribution is -0.168. The van der Waals surface area contributed by atoms with Gasteiger partial charge in [-0.25, -0.2) is 5.48 Å². The van der Waals surface area contributed by atoms with Crippen LogP contribution in [0.2, 0.25) is 0 Å². The number of carbonyl (C=O) groups excluding carboxylic acids is 3. The molecule has 0 bridgehead atoms. The van der Waals surface area contributed by atoms with Crippen LogP contribution in [0.5, 0.6) is 0 Å². The van der Waals surface area contributed by atoms with Crippen LogP contribution in [0.3, 0.4) is 0 Å². The van der Waals surface area contributed by atoms with Crippen molar-refractivity contribution in [1.29, 1.82) is 0 Å². The van der Waals surface area contributed by atoms with E-state index in [9.17, 15) is 19.6 Å². The summed E-state index contributed by atoms with van der Waals surface area (Å²) >= 11 is 0. The molecule has 3 amide bonds. The van der Waals surface area contributed by atoms with Gasteiger partial charge in [0.2, 0.25) is 11.8 Å². The maximum absolute atomic E-state index is 13.3. The second-order valence-corrected chi connectivity index (χ2v) is 8.54. The molecule has 0 saturated carbocycles. The van der Waals surface area contributed by atoms with Crippen molar-refractivity contribution in [3.63, 3.8) is 0 Å². The molecule has 5 atom stereocenters. The molecule has 33 heavy (non-hydrogen) atoms. The minimum Gasteiger partial charge on any atom is -0.382 e. The van der Waals surface area contributed by atoms with Crippen molar-refractivity contribution in [3.8, 4) is 0 Å². The van der Waals surface area contributed by atoms with E-state index in [1.165, 1.54) is 14.0 Å². The molecule has 0 aromatic heterocycles. The number of hydrogen-bond acceptors (Lipinski definition) is 7. The molecule has 0 unspecified atom stereocenters. The molecule has 1 aliphatic rings. The van der Waals surface area contributed by atoms with Crippen molar-refractivity contribution in [1.82, 2.24) is 16.1 Å². The number of hydrogen-bond donors (Lipinski definition) is 4. The van der Waals surface area contributed by atoms with Gasteiger partial charge in [-0.05, 0) is 17.9 Å². The lowest BCUT2D eigenvalue weighted by atomic mass is 9.87. The molecular weight excluding hydrogens is 430 g/mol. The van der Waals surface area contributed by atoms with Crippen molar-refractivity contribution in [2.45, 2.75) is 58.1 Å². The smallest absolute Gasteiger partial charge is 0.272 e. The molecular formula is C23H35N3O7. The van der Waals surface area contributed by atoms with Crippen molar-refractivity contribution in [2.24, 2.45) is 11.8 Å². The van der Waals surface area contributed by atoms with Crippen molar-refractivity contribution in [2.75, 3.05) is 20.3 Å². The fourth-order valence-corrected chi connectivity index (χ4v) is 3.99. The minimum atomic E-state index is -1.01. The van der Waals surface area contributed by atoms with E-state index in [2.05, 4.69) is 10.6 Å². The molecule has 0 spiro atoms. The van der Waals surface area contributed by atoms with E-state index in [1.54, 1.807) is 5.48 Å². The number of nitrogens with one attached hydrogen (secondary N) is 3. The van der Waals surface area contributed by atoms with E-state index in [4.69, 9.17) is 14.2 Å². The lowest BCUT2D eigenvalue weighted by Crippen LogP contribution is -2.54. The maximum Gasteiger partial charge on any atom is 0.272 e. The first-order valence-corrected chi connectivity index (χ1v) is 11.1. The van der Waals surface area contributed by atoms with Crippen LogP contribution in [-0.2, 0) is 35.0 Å². The quantitative estimate of drug-likeness (QED) is 0.203. The van der Waals surface area contributed by atoms with Gasteiger partial charge >= 0.3 is 0 Å². The summed E-state index contributed by atoms with van der Waals surface area (Å²) in [7, 11) is 1.53. The van der Waals surface area contributed by atoms with Gasteiger partial charge in [-0.3, -0.25) is 19.6 Å². The fraction of sp³-hybridized carbons (Fsp3) is 0.609. The Kier molecular flexibility index (Phi) is 10.7. The summed E-state index contributed by atoms with van der Waals surface area (Å²) in [5.74, 6) is -1.73. The molecule has 1 aromatic rings. The third-order valence-electron chi connectivity index (χ3n) is 5.39. The Hall–Kier alpha value is -2.53. The van der Waals surface area contributed by atoms with Gasteiger partial charge in [0.05, 0.1) is 19.3 Å². The Balaban J connectivity index is 2.26. The van der Waals surface area contributed by atoms with Gasteiger partial charge in [0.1, 0.15) is 12.1 Å². The molecule has 4 N–H and O–H groups in total. The highest BCUT2D eigenvalue weighted by atomic mass is 16.7. The molecule has 1 saturated heterocycles. The van der Waals surface area contributed by atoms with Gasteiger partial charge in [-0.15, -0.1) is 0 Å². The molecule has 1 aromatic carbocycles. The van der Waals surface area contributed by atoms with Gasteiger partial charge in [0.15, 0.2) is 6.29 Å². The van der Waals surface area contributed by atoms with E-state index < -0.39 is 42.2 Å². The summed E-state index contributed by atoms with van der Waals surface area (Å²) in [6, 6.07) is 7.85. The molecule has 10 nitrogen and oxygen atoms in total. The minimum absolute atomic E-state index is 0.181. The van der Waals surface area contributed by atoms with Crippen LogP contribution in [0.1, 0.15) is 32.8 Å². The second kappa shape index (κ2) is 13.2. The van der Waals surface area contributed by atoms with Crippen LogP contribution in [0.4, 0.5) is 0 Å². The van der Waals surface area contributed by atoms with E-state index in [0.717, 1.165) is 5.56 Å². The predicted molar refractivity (Wildman–Crippen MR) is 119 cm³/mol. The number of ether oxygens (including phenoxy) is 3. The van der Waals surface area contributed by atoms with Gasteiger partial charge < -0.3 is 24.8 Å². The standard InChI is InChI=1S/C23H35N3O7/c1-14(2)12-17-19(23(32-11-10-31-4)33-20(17)22(29)26-30)25-21(28)18(24-15(3)27)13-16-8-6-5-7-9-16/h5-9,14,17-20,23,30H,10-13H2,1-4H3,(H,24,27)(H,25,28)(H,26,29)/t17-,18-,19-,20-,23+/m0/s1. The Labute approximate surface area is 194 Å². The number of rotatable bonds is 12. The van der Waals surface area contributed by atoms with Crippen LogP contribution in [0.15, 0.2) is 30.3 Å². The largest absolute Gasteiger partial charge is 0.382 e. The number of methoxy groups -OCH3 is 1. The third kappa shape index (κ3) is 8.08. The average molecular weight is 466 g/mol. The first kappa shape index (κ1) is 26.7. The highest BCUT2D eigenvalue weighted by Gasteiger charge is 2.49. The zero-order valence-electron chi connectivity index (χ0n) is 19.6. The molecule has 1 fully saturated rings. The van der Waals surface area contributed by atoms with Crippen LogP contribution in [0, 0.1) is 11.8 Å². The van der Waals surface area contributed by atoms with Gasteiger partial charge in [-0.2, -0.15) is 0 Å². The van der Waals surface area contributed by atoms with E-state index in [-0.39, 0.29) is 18.4 Å². The highest BCUT2D eigenvalue weighted by Crippen LogP contribution is 2.33. The summed E-state index contributed by atoms with van der Waals surface area (Å²) in [6.45, 7) is 5.82. The summed E-state index contributed by atoms with van der Waals surface area (Å²) < 4.78 is 16.6. The Morgan fingerprint density at radius 2 is 1.85 bits per heavy atom. The Morgan fingerprint density at radius 3 is 2.42 bits per heavy atom. The maximum atomic E-state index is 13.3. The zero-order valence-corrected chi connectivity index (χ0v) is 19.6. The molecule has 1 heterocycles. The third-order valence-corrected chi connectivity index (χ3v) is 5.39. The highest BCUT2D eigenvalue weighted by molar-refractivity contribution is 5.87. The summed E-state index contributed by atoms with van der Waals surface area (Å²) in [4.78, 5) is 37.4. The topological polar surface area (TPSA) is 135 Å². The Bertz CT molecular complexity index is 775. The molecule has 1 aliphatic heterocycles. The molecule has 10 heteroatoms.